The lowest BCUT2D eigenvalue weighted by atomic mass is 10.1. The van der Waals surface area contributed by atoms with Crippen LogP contribution in [0.5, 0.6) is 0 Å². The number of nitrogens with zero attached hydrogens (tertiary/aromatic N) is 2. The molecule has 0 unspecified atom stereocenters. The van der Waals surface area contributed by atoms with Gasteiger partial charge in [0.2, 0.25) is 0 Å². The van der Waals surface area contributed by atoms with Gasteiger partial charge in [-0.2, -0.15) is 16.8 Å². The molecule has 2 rings (SSSR count). The molecule has 0 fully saturated rings. The molecule has 0 aliphatic carbocycles. The summed E-state index contributed by atoms with van der Waals surface area (Å²) in [5.74, 6) is 0. The van der Waals surface area contributed by atoms with E-state index in [-0.39, 0.29) is 9.79 Å². The number of benzene rings is 2. The van der Waals surface area contributed by atoms with Crippen molar-refractivity contribution in [3.8, 4) is 0 Å². The maximum absolute atomic E-state index is 11.8. The summed E-state index contributed by atoms with van der Waals surface area (Å²) >= 11 is 8.50. The lowest BCUT2D eigenvalue weighted by Gasteiger charge is -2.02. The van der Waals surface area contributed by atoms with Crippen LogP contribution in [0.25, 0.3) is 12.2 Å². The molecule has 2 aromatic rings. The van der Waals surface area contributed by atoms with Crippen molar-refractivity contribution in [3.05, 3.63) is 59.7 Å². The van der Waals surface area contributed by atoms with Gasteiger partial charge >= 0.3 is 20.2 Å². The first-order valence-corrected chi connectivity index (χ1v) is 10.8. The van der Waals surface area contributed by atoms with Crippen LogP contribution in [0.4, 0.5) is 0 Å². The minimum Gasteiger partial charge on any atom is -0.255 e. The summed E-state index contributed by atoms with van der Waals surface area (Å²) in [6.07, 6.45) is 3.42. The van der Waals surface area contributed by atoms with Crippen molar-refractivity contribution in [2.45, 2.75) is 9.79 Å². The van der Waals surface area contributed by atoms with Crippen molar-refractivity contribution in [2.24, 2.45) is 10.3 Å². The van der Waals surface area contributed by atoms with E-state index in [1.807, 2.05) is 0 Å². The molecule has 0 spiro atoms. The van der Waals surface area contributed by atoms with Crippen molar-refractivity contribution in [1.82, 2.24) is 0 Å². The number of isothiocyanates is 2. The third-order valence-corrected chi connectivity index (χ3v) is 5.54. The largest absolute Gasteiger partial charge is 0.359 e. The van der Waals surface area contributed by atoms with E-state index in [0.717, 1.165) is 0 Å². The minimum atomic E-state index is -4.04. The van der Waals surface area contributed by atoms with Crippen LogP contribution in [0, 0.1) is 0 Å². The minimum absolute atomic E-state index is 0.0906. The molecule has 2 aromatic carbocycles. The molecule has 0 amide bonds. The Morgan fingerprint density at radius 3 is 1.29 bits per heavy atom. The van der Waals surface area contributed by atoms with Crippen LogP contribution in [0.2, 0.25) is 0 Å². The first-order valence-electron chi connectivity index (χ1n) is 7.18. The summed E-state index contributed by atoms with van der Waals surface area (Å²) in [6, 6.07) is 11.6. The summed E-state index contributed by atoms with van der Waals surface area (Å²) in [5, 5.41) is 9.52. The Hall–Kier alpha value is -2.72. The Morgan fingerprint density at radius 1 is 0.679 bits per heavy atom. The van der Waals surface area contributed by atoms with E-state index in [9.17, 15) is 16.8 Å². The fraction of sp³-hybridized carbons (Fsp3) is 0. The second-order valence-electron chi connectivity index (χ2n) is 4.89. The van der Waals surface area contributed by atoms with Gasteiger partial charge in [0.15, 0.2) is 0 Å². The van der Waals surface area contributed by atoms with Gasteiger partial charge in [0, 0.05) is 0 Å². The van der Waals surface area contributed by atoms with E-state index in [1.54, 1.807) is 46.7 Å². The molecule has 0 aliphatic rings. The highest BCUT2D eigenvalue weighted by Crippen LogP contribution is 2.17. The van der Waals surface area contributed by atoms with E-state index < -0.39 is 20.2 Å². The van der Waals surface area contributed by atoms with Crippen LogP contribution in [0.15, 0.2) is 68.6 Å². The maximum Gasteiger partial charge on any atom is 0.359 e. The van der Waals surface area contributed by atoms with Gasteiger partial charge in [-0.3, -0.25) is 8.57 Å². The monoisotopic (exact) mass is 454 g/mol. The molecular weight excluding hydrogens is 444 g/mol. The zero-order valence-electron chi connectivity index (χ0n) is 13.8. The summed E-state index contributed by atoms with van der Waals surface area (Å²) in [5.41, 5.74) is 1.40. The van der Waals surface area contributed by atoms with Crippen LogP contribution >= 0.6 is 24.4 Å². The van der Waals surface area contributed by atoms with Crippen molar-refractivity contribution in [2.75, 3.05) is 0 Å². The van der Waals surface area contributed by atoms with Crippen LogP contribution in [-0.4, -0.2) is 27.2 Å². The Morgan fingerprint density at radius 2 is 1.00 bits per heavy atom. The highest BCUT2D eigenvalue weighted by molar-refractivity contribution is 7.87. The predicted molar refractivity (Wildman–Crippen MR) is 108 cm³/mol. The molecule has 0 atom stereocenters. The van der Waals surface area contributed by atoms with Gasteiger partial charge in [-0.1, -0.05) is 36.4 Å². The van der Waals surface area contributed by atoms with E-state index in [0.29, 0.717) is 11.1 Å². The smallest absolute Gasteiger partial charge is 0.255 e. The Bertz CT molecular complexity index is 1080. The SMILES string of the molecule is O=S(=O)(ON=C=S)c1ccc(C=Cc2ccc(S(=O)(=O)ON=C=S)cc2)cc1. The van der Waals surface area contributed by atoms with Gasteiger partial charge in [0.25, 0.3) is 0 Å². The third kappa shape index (κ3) is 5.89. The molecule has 0 N–H and O–H groups in total. The summed E-state index contributed by atoms with van der Waals surface area (Å²) in [6.45, 7) is 0. The van der Waals surface area contributed by atoms with E-state index in [4.69, 9.17) is 0 Å². The molecule has 0 saturated carbocycles. The first-order chi connectivity index (χ1) is 13.3. The molecule has 28 heavy (non-hydrogen) atoms. The Kier molecular flexibility index (Phi) is 7.30. The molecule has 8 nitrogen and oxygen atoms in total. The molecule has 0 saturated heterocycles. The molecule has 0 bridgehead atoms. The highest BCUT2D eigenvalue weighted by atomic mass is 32.2. The zero-order valence-corrected chi connectivity index (χ0v) is 17.0. The normalized spacial score (nSPS) is 11.3. The van der Waals surface area contributed by atoms with Crippen LogP contribution < -0.4 is 0 Å². The van der Waals surface area contributed by atoms with E-state index in [1.165, 1.54) is 24.3 Å². The van der Waals surface area contributed by atoms with Gasteiger partial charge in [-0.05, 0) is 70.1 Å². The predicted octanol–water partition coefficient (Wildman–Crippen LogP) is 3.30. The topological polar surface area (TPSA) is 111 Å². The number of hydrogen-bond donors (Lipinski definition) is 0. The molecule has 0 radical (unpaired) electrons. The van der Waals surface area contributed by atoms with Crippen molar-refractivity contribution >= 4 is 67.1 Å². The van der Waals surface area contributed by atoms with Crippen LogP contribution in [-0.2, 0) is 28.8 Å². The van der Waals surface area contributed by atoms with Crippen molar-refractivity contribution in [3.63, 3.8) is 0 Å². The zero-order chi connectivity index (χ0) is 20.6. The first kappa shape index (κ1) is 21.6. The molecule has 0 heterocycles. The number of rotatable bonds is 8. The van der Waals surface area contributed by atoms with E-state index in [2.05, 4.69) is 43.3 Å². The highest BCUT2D eigenvalue weighted by Gasteiger charge is 2.16. The summed E-state index contributed by atoms with van der Waals surface area (Å²) < 4.78 is 55.6. The van der Waals surface area contributed by atoms with Gasteiger partial charge in [-0.25, -0.2) is 0 Å². The molecule has 0 aliphatic heterocycles. The molecule has 12 heteroatoms. The van der Waals surface area contributed by atoms with Gasteiger partial charge in [-0.15, -0.1) is 0 Å². The van der Waals surface area contributed by atoms with Gasteiger partial charge < -0.3 is 0 Å². The average Bonchev–Trinajstić information content (AvgIpc) is 2.70. The Labute approximate surface area is 172 Å². The fourth-order valence-corrected chi connectivity index (χ4v) is 3.45. The molecule has 0 aromatic heterocycles. The van der Waals surface area contributed by atoms with E-state index >= 15 is 0 Å². The Balaban J connectivity index is 2.14. The quantitative estimate of drug-likeness (QED) is 0.258. The number of hydrogen-bond acceptors (Lipinski definition) is 10. The lowest BCUT2D eigenvalue weighted by Crippen LogP contribution is -2.02. The summed E-state index contributed by atoms with van der Waals surface area (Å²) in [4.78, 5) is -0.181. The second-order valence-corrected chi connectivity index (χ2v) is 8.32. The maximum atomic E-state index is 11.8. The fourth-order valence-electron chi connectivity index (χ4n) is 1.90. The number of thiocarbonyl (C=S) groups is 2. The van der Waals surface area contributed by atoms with Crippen LogP contribution in [0.1, 0.15) is 11.1 Å². The standard InChI is InChI=1S/C16H10N2O6S4/c19-27(20,23-17-11-25)15-7-3-13(4-8-15)1-2-14-5-9-16(10-6-14)28(21,22)24-18-12-26/h1-10H. The van der Waals surface area contributed by atoms with Gasteiger partial charge in [0.1, 0.15) is 20.1 Å². The van der Waals surface area contributed by atoms with Crippen molar-refractivity contribution in [1.29, 1.82) is 0 Å². The van der Waals surface area contributed by atoms with Crippen molar-refractivity contribution < 1.29 is 25.4 Å². The lowest BCUT2D eigenvalue weighted by molar-refractivity contribution is 0.341. The molecular formula is C16H10N2O6S4. The summed E-state index contributed by atoms with van der Waals surface area (Å²) in [7, 11) is -8.08. The van der Waals surface area contributed by atoms with Crippen LogP contribution in [0.3, 0.4) is 0 Å². The second kappa shape index (κ2) is 9.47. The third-order valence-electron chi connectivity index (χ3n) is 3.15. The average molecular weight is 455 g/mol. The van der Waals surface area contributed by atoms with Gasteiger partial charge in [0.05, 0.1) is 0 Å². The molecule has 144 valence electrons.